The molecule has 1 aliphatic rings. The van der Waals surface area contributed by atoms with Crippen LogP contribution in [0, 0.1) is 0 Å². The van der Waals surface area contributed by atoms with E-state index in [1.165, 1.54) is 6.08 Å². The highest BCUT2D eigenvalue weighted by atomic mass is 32.2. The van der Waals surface area contributed by atoms with Crippen molar-refractivity contribution in [1.29, 1.82) is 0 Å². The van der Waals surface area contributed by atoms with E-state index in [0.29, 0.717) is 6.54 Å². The zero-order valence-electron chi connectivity index (χ0n) is 17.4. The zero-order chi connectivity index (χ0) is 23.5. The summed E-state index contributed by atoms with van der Waals surface area (Å²) < 4.78 is 10.8. The number of hydrogen-bond acceptors (Lipinski definition) is 9. The van der Waals surface area contributed by atoms with Crippen LogP contribution in [0.5, 0.6) is 0 Å². The minimum Gasteiger partial charge on any atom is -0.394 e. The Labute approximate surface area is 189 Å². The van der Waals surface area contributed by atoms with Crippen molar-refractivity contribution in [3.63, 3.8) is 0 Å². The molecule has 0 radical (unpaired) electrons. The fourth-order valence-electron chi connectivity index (χ4n) is 3.00. The van der Waals surface area contributed by atoms with Crippen molar-refractivity contribution in [2.75, 3.05) is 26.3 Å². The molecular formula is C20H28N4O7S. The lowest BCUT2D eigenvalue weighted by Crippen LogP contribution is -2.59. The Morgan fingerprint density at radius 3 is 2.66 bits per heavy atom. The van der Waals surface area contributed by atoms with Crippen LogP contribution in [0.2, 0.25) is 0 Å². The molecule has 6 atom stereocenters. The minimum absolute atomic E-state index is 0.0852. The van der Waals surface area contributed by atoms with Crippen LogP contribution in [-0.2, 0) is 16.0 Å². The van der Waals surface area contributed by atoms with Gasteiger partial charge in [-0.25, -0.2) is 0 Å². The first-order chi connectivity index (χ1) is 15.4. The maximum Gasteiger partial charge on any atom is 0.282 e. The van der Waals surface area contributed by atoms with Crippen molar-refractivity contribution in [3.05, 3.63) is 59.0 Å². The highest BCUT2D eigenvalue weighted by Crippen LogP contribution is 2.24. The Kier molecular flexibility index (Phi) is 10.9. The molecule has 2 rings (SSSR count). The molecule has 1 aromatic rings. The van der Waals surface area contributed by atoms with Crippen LogP contribution in [0.3, 0.4) is 0 Å². The largest absolute Gasteiger partial charge is 0.394 e. The second-order valence-corrected chi connectivity index (χ2v) is 8.24. The Morgan fingerprint density at radius 2 is 2.03 bits per heavy atom. The van der Waals surface area contributed by atoms with E-state index in [1.807, 2.05) is 30.3 Å². The van der Waals surface area contributed by atoms with E-state index in [4.69, 9.17) is 15.0 Å². The summed E-state index contributed by atoms with van der Waals surface area (Å²) >= 11 is 0.939. The first-order valence-corrected chi connectivity index (χ1v) is 10.8. The van der Waals surface area contributed by atoms with Crippen LogP contribution in [0.15, 0.2) is 48.1 Å². The third-order valence-electron chi connectivity index (χ3n) is 4.80. The van der Waals surface area contributed by atoms with Crippen molar-refractivity contribution >= 4 is 17.0 Å². The van der Waals surface area contributed by atoms with Crippen molar-refractivity contribution in [3.8, 4) is 0 Å². The molecule has 1 unspecified atom stereocenters. The molecule has 1 amide bonds. The molecule has 32 heavy (non-hydrogen) atoms. The Balaban J connectivity index is 1.97. The molecule has 0 saturated carbocycles. The van der Waals surface area contributed by atoms with Gasteiger partial charge in [0.25, 0.3) is 5.24 Å². The fraction of sp³-hybridized carbons (Fsp3) is 0.550. The molecule has 0 spiro atoms. The molecule has 1 heterocycles. The van der Waals surface area contributed by atoms with Gasteiger partial charge in [0.2, 0.25) is 0 Å². The highest BCUT2D eigenvalue weighted by molar-refractivity contribution is 8.14. The number of carbonyl (C=O) groups excluding carboxylic acids is 1. The topological polar surface area (TPSA) is 168 Å². The van der Waals surface area contributed by atoms with Gasteiger partial charge in [-0.05, 0) is 11.1 Å². The summed E-state index contributed by atoms with van der Waals surface area (Å²) in [5.74, 6) is 0. The van der Waals surface area contributed by atoms with Gasteiger partial charge in [0, 0.05) is 24.5 Å². The van der Waals surface area contributed by atoms with Crippen LogP contribution in [0.1, 0.15) is 5.56 Å². The van der Waals surface area contributed by atoms with Gasteiger partial charge >= 0.3 is 0 Å². The molecule has 1 aromatic carbocycles. The maximum absolute atomic E-state index is 12.9. The van der Waals surface area contributed by atoms with E-state index < -0.39 is 42.6 Å². The quantitative estimate of drug-likeness (QED) is 0.161. The standard InChI is InChI=1S/C20H28N4O7S/c1-2-14(12-30-19-18(28)17(27)16(26)15(11-25)31-19)32-20(29)24(9-8-22-23-21)10-13-6-4-3-5-7-13/h2-7,14-19,25-28H,1,8-12H2/t14?,15-,16-,17+,18-,19-/m1/s1. The molecule has 12 heteroatoms. The lowest BCUT2D eigenvalue weighted by Gasteiger charge is -2.39. The summed E-state index contributed by atoms with van der Waals surface area (Å²) in [5, 5.41) is 41.7. The smallest absolute Gasteiger partial charge is 0.282 e. The van der Waals surface area contributed by atoms with E-state index >= 15 is 0 Å². The molecular weight excluding hydrogens is 440 g/mol. The number of azide groups is 1. The summed E-state index contributed by atoms with van der Waals surface area (Å²) in [7, 11) is 0. The number of carbonyl (C=O) groups is 1. The second-order valence-electron chi connectivity index (χ2n) is 7.05. The molecule has 0 aromatic heterocycles. The SMILES string of the molecule is C=CC(CO[C@@H]1O[C@H](CO)[C@@H](O)[C@H](O)[C@H]1O)SC(=O)N(CCN=[N+]=[N-])Cc1ccccc1. The molecule has 0 aliphatic carbocycles. The first-order valence-electron chi connectivity index (χ1n) is 9.96. The molecule has 1 aliphatic heterocycles. The third-order valence-corrected chi connectivity index (χ3v) is 5.89. The van der Waals surface area contributed by atoms with Crippen molar-refractivity contribution in [1.82, 2.24) is 4.90 Å². The van der Waals surface area contributed by atoms with E-state index in [2.05, 4.69) is 16.6 Å². The number of amides is 1. The first kappa shape index (κ1) is 26.1. The maximum atomic E-state index is 12.9. The van der Waals surface area contributed by atoms with E-state index in [9.17, 15) is 25.2 Å². The van der Waals surface area contributed by atoms with Gasteiger partial charge in [-0.2, -0.15) is 0 Å². The molecule has 4 N–H and O–H groups in total. The van der Waals surface area contributed by atoms with Gasteiger partial charge in [0.15, 0.2) is 6.29 Å². The lowest BCUT2D eigenvalue weighted by atomic mass is 9.99. The van der Waals surface area contributed by atoms with Gasteiger partial charge in [0.1, 0.15) is 24.4 Å². The number of hydrogen-bond donors (Lipinski definition) is 4. The average molecular weight is 469 g/mol. The summed E-state index contributed by atoms with van der Waals surface area (Å²) in [6.07, 6.45) is -5.45. The number of nitrogens with zero attached hydrogens (tertiary/aromatic N) is 4. The number of ether oxygens (including phenoxy) is 2. The Hall–Kier alpha value is -2.15. The molecule has 11 nitrogen and oxygen atoms in total. The minimum atomic E-state index is -1.55. The van der Waals surface area contributed by atoms with Gasteiger partial charge < -0.3 is 34.8 Å². The van der Waals surface area contributed by atoms with E-state index in [0.717, 1.165) is 17.3 Å². The summed E-state index contributed by atoms with van der Waals surface area (Å²) in [5.41, 5.74) is 9.43. The molecule has 0 bridgehead atoms. The van der Waals surface area contributed by atoms with Crippen LogP contribution >= 0.6 is 11.8 Å². The fourth-order valence-corrected chi connectivity index (χ4v) is 3.80. The normalized spacial score (nSPS) is 26.1. The number of benzene rings is 1. The number of aliphatic hydroxyl groups excluding tert-OH is 4. The van der Waals surface area contributed by atoms with E-state index in [-0.39, 0.29) is 24.9 Å². The molecule has 1 fully saturated rings. The predicted octanol–water partition coefficient (Wildman–Crippen LogP) is 1.02. The second kappa shape index (κ2) is 13.4. The number of thioether (sulfide) groups is 1. The van der Waals surface area contributed by atoms with Gasteiger partial charge in [-0.3, -0.25) is 4.79 Å². The molecule has 1 saturated heterocycles. The van der Waals surface area contributed by atoms with Crippen LogP contribution in [0.25, 0.3) is 10.4 Å². The van der Waals surface area contributed by atoms with Crippen molar-refractivity contribution in [2.24, 2.45) is 5.11 Å². The van der Waals surface area contributed by atoms with Crippen LogP contribution in [-0.4, -0.2) is 92.8 Å². The summed E-state index contributed by atoms with van der Waals surface area (Å²) in [6.45, 7) is 3.72. The van der Waals surface area contributed by atoms with Gasteiger partial charge in [-0.15, -0.1) is 6.58 Å². The van der Waals surface area contributed by atoms with Crippen LogP contribution in [0.4, 0.5) is 4.79 Å². The van der Waals surface area contributed by atoms with Crippen LogP contribution < -0.4 is 0 Å². The third kappa shape index (κ3) is 7.47. The lowest BCUT2D eigenvalue weighted by molar-refractivity contribution is -0.300. The van der Waals surface area contributed by atoms with Crippen molar-refractivity contribution in [2.45, 2.75) is 42.5 Å². The predicted molar refractivity (Wildman–Crippen MR) is 118 cm³/mol. The Bertz CT molecular complexity index is 778. The zero-order valence-corrected chi connectivity index (χ0v) is 18.2. The monoisotopic (exact) mass is 468 g/mol. The number of rotatable bonds is 11. The Morgan fingerprint density at radius 1 is 1.31 bits per heavy atom. The van der Waals surface area contributed by atoms with Crippen molar-refractivity contribution < 1.29 is 34.7 Å². The van der Waals surface area contributed by atoms with E-state index in [1.54, 1.807) is 4.90 Å². The summed E-state index contributed by atoms with van der Waals surface area (Å²) in [6, 6.07) is 9.35. The van der Waals surface area contributed by atoms with Gasteiger partial charge in [-0.1, -0.05) is 53.3 Å². The van der Waals surface area contributed by atoms with Gasteiger partial charge in [0.05, 0.1) is 18.5 Å². The highest BCUT2D eigenvalue weighted by Gasteiger charge is 2.44. The average Bonchev–Trinajstić information content (AvgIpc) is 2.81. The molecule has 176 valence electrons. The number of aliphatic hydroxyl groups is 4. The summed E-state index contributed by atoms with van der Waals surface area (Å²) in [4.78, 5) is 17.1.